The maximum Gasteiger partial charge on any atom is 0.407 e. The molecule has 76 heavy (non-hydrogen) atoms. The van der Waals surface area contributed by atoms with Crippen LogP contribution in [-0.4, -0.2) is 103 Å². The summed E-state index contributed by atoms with van der Waals surface area (Å²) in [6.07, 6.45) is 5.54. The summed E-state index contributed by atoms with van der Waals surface area (Å²) in [5.74, 6) is -0.790. The summed E-state index contributed by atoms with van der Waals surface area (Å²) in [6.45, 7) is 15.3. The molecule has 1 fully saturated rings. The molecule has 2 aromatic carbocycles. The molecule has 1 aliphatic heterocycles. The Bertz CT molecular complexity index is 2170. The molecule has 20 heteroatoms. The van der Waals surface area contributed by atoms with E-state index in [2.05, 4.69) is 36.6 Å². The van der Waals surface area contributed by atoms with E-state index in [1.165, 1.54) is 0 Å². The van der Waals surface area contributed by atoms with Crippen molar-refractivity contribution >= 4 is 53.4 Å². The van der Waals surface area contributed by atoms with Crippen molar-refractivity contribution in [2.45, 2.75) is 182 Å². The van der Waals surface area contributed by atoms with Crippen LogP contribution in [0, 0.1) is 23.7 Å². The summed E-state index contributed by atoms with van der Waals surface area (Å²) in [5, 5.41) is 18.8. The number of azide groups is 1. The van der Waals surface area contributed by atoms with E-state index in [0.717, 1.165) is 18.4 Å². The van der Waals surface area contributed by atoms with E-state index in [9.17, 15) is 33.6 Å². The average molecular weight is 1080 g/mol. The number of nitrogens with one attached hydrogen (secondary N) is 5. The van der Waals surface area contributed by atoms with Crippen molar-refractivity contribution in [1.29, 1.82) is 0 Å². The highest BCUT2D eigenvalue weighted by Crippen LogP contribution is 2.23. The number of ketones is 1. The third-order valence-corrected chi connectivity index (χ3v) is 13.2. The molecule has 422 valence electrons. The summed E-state index contributed by atoms with van der Waals surface area (Å²) < 4.78 is 16.4. The fourth-order valence-corrected chi connectivity index (χ4v) is 9.45. The predicted octanol–water partition coefficient (Wildman–Crippen LogP) is 10.5. The number of hydrogen-bond acceptors (Lipinski definition) is 11. The number of amides is 6. The van der Waals surface area contributed by atoms with Crippen LogP contribution in [0.25, 0.3) is 10.4 Å². The van der Waals surface area contributed by atoms with Gasteiger partial charge >= 0.3 is 30.1 Å². The van der Waals surface area contributed by atoms with Crippen LogP contribution in [0.4, 0.5) is 14.4 Å². The Morgan fingerprint density at radius 1 is 0.737 bits per heavy atom. The molecule has 19 nitrogen and oxygen atoms in total. The number of Topliss-reactive ketones (excluding diaryl/α,β-unsaturated/α-hetero) is 1. The highest BCUT2D eigenvalue weighted by atomic mass is 35.5. The van der Waals surface area contributed by atoms with Crippen molar-refractivity contribution in [3.63, 3.8) is 0 Å². The van der Waals surface area contributed by atoms with Gasteiger partial charge in [-0.2, -0.15) is 0 Å². The number of nitrogens with zero attached hydrogens (tertiary/aromatic N) is 4. The van der Waals surface area contributed by atoms with Crippen LogP contribution < -0.4 is 26.6 Å². The molecule has 1 heterocycles. The van der Waals surface area contributed by atoms with Crippen LogP contribution >= 0.6 is 11.6 Å². The van der Waals surface area contributed by atoms with Crippen LogP contribution in [0.5, 0.6) is 0 Å². The lowest BCUT2D eigenvalue weighted by molar-refractivity contribution is -0.156. The Balaban J connectivity index is 1.61. The maximum absolute atomic E-state index is 13.7. The first-order chi connectivity index (χ1) is 36.2. The molecule has 6 amide bonds. The monoisotopic (exact) mass is 1080 g/mol. The number of likely N-dealkylation sites (tertiary alicyclic amines) is 1. The van der Waals surface area contributed by atoms with Crippen LogP contribution in [-0.2, 0) is 46.6 Å². The van der Waals surface area contributed by atoms with Crippen molar-refractivity contribution in [1.82, 2.24) is 31.5 Å². The zero-order valence-corrected chi connectivity index (χ0v) is 46.8. The SMILES string of the molecule is CC(C)C[C@@H](CNC(=O)N[C@@H](CCCCNC(=O)OCc1ccccc1Cl)CCC(=O)N1CCC[C@H]1CN=[N+]=[N-])CC(=O)CC[C@H](CCC(=O)OCc1ccccc1)NC(=O)NC[C@@H](CC(=O)OC(C)(C)C)CC(C)C. The first kappa shape index (κ1) is 64.2. The van der Waals surface area contributed by atoms with E-state index in [0.29, 0.717) is 62.2 Å². The molecule has 0 unspecified atom stereocenters. The number of urea groups is 2. The maximum atomic E-state index is 13.7. The number of benzene rings is 2. The van der Waals surface area contributed by atoms with E-state index in [-0.39, 0.29) is 131 Å². The number of esters is 2. The predicted molar refractivity (Wildman–Crippen MR) is 293 cm³/mol. The van der Waals surface area contributed by atoms with Gasteiger partial charge in [-0.1, -0.05) is 92.9 Å². The highest BCUT2D eigenvalue weighted by Gasteiger charge is 2.29. The number of halogens is 1. The van der Waals surface area contributed by atoms with E-state index < -0.39 is 35.8 Å². The minimum atomic E-state index is -0.637. The van der Waals surface area contributed by atoms with Gasteiger partial charge in [0.25, 0.3) is 0 Å². The molecular formula is C56H86ClN9O10. The van der Waals surface area contributed by atoms with E-state index in [1.807, 2.05) is 84.9 Å². The highest BCUT2D eigenvalue weighted by molar-refractivity contribution is 6.31. The minimum Gasteiger partial charge on any atom is -0.461 e. The van der Waals surface area contributed by atoms with Crippen LogP contribution in [0.1, 0.15) is 156 Å². The second-order valence-corrected chi connectivity index (χ2v) is 22.2. The Labute approximate surface area is 455 Å². The molecule has 0 radical (unpaired) electrons. The quantitative estimate of drug-likeness (QED) is 0.0111. The van der Waals surface area contributed by atoms with Gasteiger partial charge in [-0.25, -0.2) is 14.4 Å². The molecule has 1 saturated heterocycles. The number of carbonyl (C=O) groups excluding carboxylic acids is 7. The van der Waals surface area contributed by atoms with Crippen molar-refractivity contribution in [3.8, 4) is 0 Å². The van der Waals surface area contributed by atoms with Gasteiger partial charge in [0.15, 0.2) is 0 Å². The lowest BCUT2D eigenvalue weighted by Gasteiger charge is -2.25. The lowest BCUT2D eigenvalue weighted by Crippen LogP contribution is -2.45. The fourth-order valence-electron chi connectivity index (χ4n) is 9.26. The third-order valence-electron chi connectivity index (χ3n) is 12.8. The van der Waals surface area contributed by atoms with Crippen LogP contribution in [0.2, 0.25) is 5.02 Å². The van der Waals surface area contributed by atoms with Gasteiger partial charge < -0.3 is 45.7 Å². The van der Waals surface area contributed by atoms with Gasteiger partial charge in [-0.3, -0.25) is 19.2 Å². The number of ether oxygens (including phenoxy) is 3. The van der Waals surface area contributed by atoms with E-state index in [4.69, 9.17) is 31.3 Å². The number of unbranched alkanes of at least 4 members (excludes halogenated alkanes) is 1. The second-order valence-electron chi connectivity index (χ2n) is 21.8. The molecule has 5 N–H and O–H groups in total. The number of rotatable bonds is 34. The van der Waals surface area contributed by atoms with Crippen molar-refractivity contribution in [2.75, 3.05) is 32.7 Å². The van der Waals surface area contributed by atoms with E-state index >= 15 is 0 Å². The topological polar surface area (TPSA) is 259 Å². The number of carbonyl (C=O) groups is 7. The van der Waals surface area contributed by atoms with Gasteiger partial charge in [0.2, 0.25) is 5.91 Å². The first-order valence-corrected chi connectivity index (χ1v) is 27.5. The molecule has 0 aliphatic carbocycles. The molecule has 0 spiro atoms. The summed E-state index contributed by atoms with van der Waals surface area (Å²) >= 11 is 6.18. The Kier molecular flexibility index (Phi) is 29.8. The van der Waals surface area contributed by atoms with E-state index in [1.54, 1.807) is 23.1 Å². The number of hydrogen-bond donors (Lipinski definition) is 5. The molecule has 0 bridgehead atoms. The van der Waals surface area contributed by atoms with Crippen molar-refractivity contribution in [2.24, 2.45) is 28.8 Å². The lowest BCUT2D eigenvalue weighted by atomic mass is 9.90. The molecule has 2 aromatic rings. The smallest absolute Gasteiger partial charge is 0.407 e. The van der Waals surface area contributed by atoms with Crippen molar-refractivity contribution < 1.29 is 47.8 Å². The van der Waals surface area contributed by atoms with Gasteiger partial charge in [0.1, 0.15) is 24.6 Å². The average Bonchev–Trinajstić information content (AvgIpc) is 3.83. The zero-order valence-electron chi connectivity index (χ0n) is 46.0. The molecular weight excluding hydrogens is 994 g/mol. The van der Waals surface area contributed by atoms with Crippen LogP contribution in [0.15, 0.2) is 59.7 Å². The Hall–Kier alpha value is -6.07. The number of alkyl carbamates (subject to hydrolysis) is 1. The Morgan fingerprint density at radius 3 is 1.97 bits per heavy atom. The first-order valence-electron chi connectivity index (χ1n) is 27.2. The third kappa shape index (κ3) is 28.7. The molecule has 1 aliphatic rings. The largest absolute Gasteiger partial charge is 0.461 e. The van der Waals surface area contributed by atoms with Gasteiger partial charge in [0, 0.05) is 92.0 Å². The summed E-state index contributed by atoms with van der Waals surface area (Å²) in [4.78, 5) is 96.7. The van der Waals surface area contributed by atoms with Crippen molar-refractivity contribution in [3.05, 3.63) is 81.2 Å². The van der Waals surface area contributed by atoms with Crippen LogP contribution in [0.3, 0.4) is 0 Å². The molecule has 0 saturated carbocycles. The van der Waals surface area contributed by atoms with Gasteiger partial charge in [-0.05, 0) is 126 Å². The normalized spacial score (nSPS) is 14.9. The molecule has 3 rings (SSSR count). The summed E-state index contributed by atoms with van der Waals surface area (Å²) in [7, 11) is 0. The van der Waals surface area contributed by atoms with Gasteiger partial charge in [-0.15, -0.1) is 0 Å². The van der Waals surface area contributed by atoms with Gasteiger partial charge in [0.05, 0.1) is 6.42 Å². The minimum absolute atomic E-state index is 0.0116. The second kappa shape index (κ2) is 35.3. The molecule has 5 atom stereocenters. The standard InChI is InChI=1S/C56H86ClN9O10/c1-39(2)30-42(32-48(67)25-22-46(24-27-51(69)74-37-41-16-9-8-10-17-41)64-54(72)61-35-43(31-40(3)4)33-52(70)76-56(5,6)7)34-60-53(71)63-45(23-26-50(68)66-29-15-20-47(66)36-62-65-58)19-13-14-28-59-55(73)75-38-44-18-11-12-21-49(44)57/h8-12,16-18,21,39-40,42-43,45-47H,13-15,19-20,22-38H2,1-7H3,(H,59,73)(H2,60,63,71)(H2,61,64,72)/t42-,43-,45+,46-,47+/m1/s1. The zero-order chi connectivity index (χ0) is 55.9. The fraction of sp³-hybridized carbons (Fsp3) is 0.661. The molecule has 0 aromatic heterocycles. The summed E-state index contributed by atoms with van der Waals surface area (Å²) in [6, 6.07) is 14.4. The Morgan fingerprint density at radius 2 is 1.34 bits per heavy atom. The summed E-state index contributed by atoms with van der Waals surface area (Å²) in [5.41, 5.74) is 9.75.